The maximum Gasteiger partial charge on any atom is 0.125 e. The van der Waals surface area contributed by atoms with Gasteiger partial charge >= 0.3 is 0 Å². The van der Waals surface area contributed by atoms with Crippen LogP contribution in [-0.2, 0) is 0 Å². The van der Waals surface area contributed by atoms with E-state index in [0.29, 0.717) is 12.6 Å². The van der Waals surface area contributed by atoms with Gasteiger partial charge in [-0.3, -0.25) is 4.90 Å². The number of piperidine rings is 1. The van der Waals surface area contributed by atoms with Crippen molar-refractivity contribution in [2.45, 2.75) is 31.0 Å². The molecule has 2 heterocycles. The summed E-state index contributed by atoms with van der Waals surface area (Å²) in [4.78, 5) is 4.67. The number of benzene rings is 1. The van der Waals surface area contributed by atoms with E-state index in [1.807, 2.05) is 18.2 Å². The molecule has 1 aromatic rings. The summed E-state index contributed by atoms with van der Waals surface area (Å²) in [6.07, 6.45) is 1.74. The van der Waals surface area contributed by atoms with Crippen LogP contribution in [0.5, 0.6) is 11.5 Å². The minimum Gasteiger partial charge on any atom is -0.497 e. The second-order valence-electron chi connectivity index (χ2n) is 6.43. The molecular formula is C17H26N2O3. The van der Waals surface area contributed by atoms with Crippen LogP contribution in [0.2, 0.25) is 0 Å². The lowest BCUT2D eigenvalue weighted by molar-refractivity contribution is -0.0145. The van der Waals surface area contributed by atoms with Gasteiger partial charge in [-0.1, -0.05) is 0 Å². The monoisotopic (exact) mass is 306 g/mol. The topological polar surface area (TPSA) is 45.2 Å². The molecule has 22 heavy (non-hydrogen) atoms. The highest BCUT2D eigenvalue weighted by atomic mass is 16.5. The van der Waals surface area contributed by atoms with Gasteiger partial charge in [0.25, 0.3) is 0 Å². The van der Waals surface area contributed by atoms with Gasteiger partial charge in [0.1, 0.15) is 24.2 Å². The minimum absolute atomic E-state index is 0.00647. The van der Waals surface area contributed by atoms with Gasteiger partial charge in [-0.25, -0.2) is 0 Å². The first-order valence-electron chi connectivity index (χ1n) is 7.99. The largest absolute Gasteiger partial charge is 0.497 e. The van der Waals surface area contributed by atoms with Crippen molar-refractivity contribution >= 4 is 0 Å². The summed E-state index contributed by atoms with van der Waals surface area (Å²) in [6.45, 7) is 2.76. The quantitative estimate of drug-likeness (QED) is 0.917. The van der Waals surface area contributed by atoms with E-state index in [1.54, 1.807) is 7.11 Å². The van der Waals surface area contributed by atoms with Crippen molar-refractivity contribution in [2.75, 3.05) is 40.9 Å². The molecule has 1 fully saturated rings. The molecule has 1 aromatic carbocycles. The molecule has 1 saturated heterocycles. The Morgan fingerprint density at radius 2 is 2.05 bits per heavy atom. The number of likely N-dealkylation sites (N-methyl/N-ethyl adjacent to an activating group) is 1. The third-order valence-corrected chi connectivity index (χ3v) is 5.10. The predicted molar refractivity (Wildman–Crippen MR) is 85.5 cm³/mol. The molecule has 0 bridgehead atoms. The Labute approximate surface area is 132 Å². The second-order valence-corrected chi connectivity index (χ2v) is 6.43. The highest BCUT2D eigenvalue weighted by Gasteiger charge is 2.36. The van der Waals surface area contributed by atoms with E-state index in [1.165, 1.54) is 0 Å². The van der Waals surface area contributed by atoms with Gasteiger partial charge in [0.2, 0.25) is 0 Å². The predicted octanol–water partition coefficient (Wildman–Crippen LogP) is 1.52. The minimum atomic E-state index is -0.538. The summed E-state index contributed by atoms with van der Waals surface area (Å²) in [6, 6.07) is 6.13. The van der Waals surface area contributed by atoms with Crippen LogP contribution in [0.25, 0.3) is 0 Å². The summed E-state index contributed by atoms with van der Waals surface area (Å²) in [5, 5.41) is 10.8. The third-order valence-electron chi connectivity index (χ3n) is 5.10. The highest BCUT2D eigenvalue weighted by molar-refractivity contribution is 5.43. The number of likely N-dealkylation sites (tertiary alicyclic amines) is 1. The normalized spacial score (nSPS) is 26.6. The number of methoxy groups -OCH3 is 1. The molecule has 5 nitrogen and oxygen atoms in total. The Balaban J connectivity index is 1.75. The van der Waals surface area contributed by atoms with Crippen LogP contribution in [0.3, 0.4) is 0 Å². The van der Waals surface area contributed by atoms with Gasteiger partial charge < -0.3 is 19.5 Å². The van der Waals surface area contributed by atoms with Gasteiger partial charge in [0.15, 0.2) is 0 Å². The van der Waals surface area contributed by atoms with Gasteiger partial charge in [-0.15, -0.1) is 0 Å². The molecule has 122 valence electrons. The van der Waals surface area contributed by atoms with Crippen LogP contribution in [0.1, 0.15) is 24.5 Å². The van der Waals surface area contributed by atoms with E-state index >= 15 is 0 Å². The molecule has 0 saturated carbocycles. The van der Waals surface area contributed by atoms with Gasteiger partial charge in [0.05, 0.1) is 13.2 Å². The van der Waals surface area contributed by atoms with E-state index < -0.39 is 6.10 Å². The van der Waals surface area contributed by atoms with E-state index in [4.69, 9.17) is 9.47 Å². The zero-order valence-corrected chi connectivity index (χ0v) is 13.7. The summed E-state index contributed by atoms with van der Waals surface area (Å²) >= 11 is 0. The number of aliphatic hydroxyl groups is 1. The van der Waals surface area contributed by atoms with Crippen LogP contribution in [-0.4, -0.2) is 67.9 Å². The molecular weight excluding hydrogens is 280 g/mol. The van der Waals surface area contributed by atoms with Crippen molar-refractivity contribution in [3.8, 4) is 11.5 Å². The lowest BCUT2D eigenvalue weighted by Crippen LogP contribution is -2.51. The standard InChI is InChI=1S/C17H26N2O3/c1-18-8-6-12(7-9-18)19(2)15-11-22-16-5-4-13(21-3)10-14(16)17(15)20/h4-5,10,12,15,17,20H,6-9,11H2,1-3H3. The third kappa shape index (κ3) is 2.93. The average Bonchev–Trinajstić information content (AvgIpc) is 2.55. The molecule has 2 aliphatic heterocycles. The Kier molecular flexibility index (Phi) is 4.57. The first-order valence-corrected chi connectivity index (χ1v) is 7.99. The summed E-state index contributed by atoms with van der Waals surface area (Å²) < 4.78 is 11.1. The number of nitrogens with zero attached hydrogens (tertiary/aromatic N) is 2. The molecule has 0 aromatic heterocycles. The smallest absolute Gasteiger partial charge is 0.125 e. The molecule has 0 aliphatic carbocycles. The van der Waals surface area contributed by atoms with Crippen molar-refractivity contribution in [3.63, 3.8) is 0 Å². The van der Waals surface area contributed by atoms with E-state index in [2.05, 4.69) is 23.9 Å². The molecule has 1 N–H and O–H groups in total. The number of rotatable bonds is 3. The molecule has 5 heteroatoms. The molecule has 0 amide bonds. The number of ether oxygens (including phenoxy) is 2. The van der Waals surface area contributed by atoms with Crippen LogP contribution in [0.15, 0.2) is 18.2 Å². The second kappa shape index (κ2) is 6.44. The molecule has 2 unspecified atom stereocenters. The number of hydrogen-bond acceptors (Lipinski definition) is 5. The summed E-state index contributed by atoms with van der Waals surface area (Å²) in [5.41, 5.74) is 0.829. The Hall–Kier alpha value is -1.30. The van der Waals surface area contributed by atoms with E-state index in [0.717, 1.165) is 43.0 Å². The fraction of sp³-hybridized carbons (Fsp3) is 0.647. The number of aliphatic hydroxyl groups excluding tert-OH is 1. The van der Waals surface area contributed by atoms with Crippen LogP contribution in [0.4, 0.5) is 0 Å². The van der Waals surface area contributed by atoms with Crippen LogP contribution < -0.4 is 9.47 Å². The maximum atomic E-state index is 10.8. The van der Waals surface area contributed by atoms with Crippen molar-refractivity contribution in [1.82, 2.24) is 9.80 Å². The van der Waals surface area contributed by atoms with Gasteiger partial charge in [-0.2, -0.15) is 0 Å². The number of hydrogen-bond donors (Lipinski definition) is 1. The Morgan fingerprint density at radius 3 is 2.73 bits per heavy atom. The molecule has 2 atom stereocenters. The summed E-state index contributed by atoms with van der Waals surface area (Å²) in [5.74, 6) is 1.52. The van der Waals surface area contributed by atoms with Gasteiger partial charge in [0, 0.05) is 11.6 Å². The SMILES string of the molecule is COc1ccc2c(c1)C(O)C(N(C)C1CCN(C)CC1)CO2. The fourth-order valence-electron chi connectivity index (χ4n) is 3.50. The zero-order valence-electron chi connectivity index (χ0n) is 13.7. The molecule has 0 spiro atoms. The fourth-order valence-corrected chi connectivity index (χ4v) is 3.50. The van der Waals surface area contributed by atoms with Crippen molar-refractivity contribution < 1.29 is 14.6 Å². The van der Waals surface area contributed by atoms with E-state index in [9.17, 15) is 5.11 Å². The highest BCUT2D eigenvalue weighted by Crippen LogP contribution is 2.37. The molecule has 2 aliphatic rings. The Morgan fingerprint density at radius 1 is 1.32 bits per heavy atom. The van der Waals surface area contributed by atoms with Crippen LogP contribution >= 0.6 is 0 Å². The van der Waals surface area contributed by atoms with Crippen molar-refractivity contribution in [2.24, 2.45) is 0 Å². The van der Waals surface area contributed by atoms with Gasteiger partial charge in [-0.05, 0) is 58.2 Å². The average molecular weight is 306 g/mol. The lowest BCUT2D eigenvalue weighted by atomic mass is 9.94. The van der Waals surface area contributed by atoms with E-state index in [-0.39, 0.29) is 6.04 Å². The van der Waals surface area contributed by atoms with Crippen molar-refractivity contribution in [1.29, 1.82) is 0 Å². The summed E-state index contributed by atoms with van der Waals surface area (Å²) in [7, 11) is 5.91. The molecule has 3 rings (SSSR count). The van der Waals surface area contributed by atoms with Crippen molar-refractivity contribution in [3.05, 3.63) is 23.8 Å². The molecule has 0 radical (unpaired) electrons. The number of fused-ring (bicyclic) bond motifs is 1. The Bertz CT molecular complexity index is 515. The first kappa shape index (κ1) is 15.6. The van der Waals surface area contributed by atoms with Crippen LogP contribution in [0, 0.1) is 0 Å². The lowest BCUT2D eigenvalue weighted by Gasteiger charge is -2.42. The first-order chi connectivity index (χ1) is 10.6. The maximum absolute atomic E-state index is 10.8. The zero-order chi connectivity index (χ0) is 15.7.